The fraction of sp³-hybridized carbons (Fsp3) is 1.00. The average Bonchev–Trinajstić information content (AvgIpc) is 2.28. The maximum Gasteiger partial charge on any atom is 0.0110 e. The van der Waals surface area contributed by atoms with E-state index in [0.29, 0.717) is 0 Å². The van der Waals surface area contributed by atoms with Gasteiger partial charge in [0.2, 0.25) is 0 Å². The molecule has 0 aliphatic heterocycles. The lowest BCUT2D eigenvalue weighted by atomic mass is 9.77. The van der Waals surface area contributed by atoms with Crippen LogP contribution in [0.15, 0.2) is 0 Å². The quantitative estimate of drug-likeness (QED) is 0.466. The Labute approximate surface area is 115 Å². The van der Waals surface area contributed by atoms with Crippen LogP contribution in [0.3, 0.4) is 0 Å². The van der Waals surface area contributed by atoms with E-state index in [4.69, 9.17) is 0 Å². The van der Waals surface area contributed by atoms with Gasteiger partial charge in [-0.2, -0.15) is 0 Å². The molecule has 1 heteroatoms. The van der Waals surface area contributed by atoms with Gasteiger partial charge in [0, 0.05) is 3.92 Å². The standard InChI is InChI=1S/C15H27I/c1-12-3-2-4-14(11-12)6-5-13-7-9-15(16)10-8-13/h12-15H,2-11H2,1H3. The molecule has 2 unspecified atom stereocenters. The molecule has 0 radical (unpaired) electrons. The third-order valence-corrected chi connectivity index (χ3v) is 6.05. The van der Waals surface area contributed by atoms with Gasteiger partial charge in [-0.15, -0.1) is 0 Å². The SMILES string of the molecule is CC1CCCC(CCC2CCC(I)CC2)C1. The zero-order valence-corrected chi connectivity index (χ0v) is 12.9. The third-order valence-electron chi connectivity index (χ3n) is 4.80. The minimum absolute atomic E-state index is 0.989. The highest BCUT2D eigenvalue weighted by Gasteiger charge is 2.22. The molecule has 0 aromatic heterocycles. The van der Waals surface area contributed by atoms with Gasteiger partial charge < -0.3 is 0 Å². The molecule has 2 fully saturated rings. The minimum Gasteiger partial charge on any atom is -0.0826 e. The first-order valence-corrected chi connectivity index (χ1v) is 8.62. The summed E-state index contributed by atoms with van der Waals surface area (Å²) in [7, 11) is 0. The largest absolute Gasteiger partial charge is 0.0826 e. The minimum atomic E-state index is 0.989. The van der Waals surface area contributed by atoms with E-state index >= 15 is 0 Å². The van der Waals surface area contributed by atoms with Crippen LogP contribution in [0.1, 0.15) is 71.1 Å². The zero-order valence-electron chi connectivity index (χ0n) is 10.8. The molecule has 2 rings (SSSR count). The lowest BCUT2D eigenvalue weighted by molar-refractivity contribution is 0.239. The van der Waals surface area contributed by atoms with Crippen LogP contribution in [-0.4, -0.2) is 3.92 Å². The van der Waals surface area contributed by atoms with E-state index in [1.807, 2.05) is 0 Å². The van der Waals surface area contributed by atoms with Gasteiger partial charge in [-0.1, -0.05) is 61.6 Å². The lowest BCUT2D eigenvalue weighted by Gasteiger charge is -2.30. The molecule has 0 aromatic carbocycles. The number of hydrogen-bond donors (Lipinski definition) is 0. The second-order valence-electron chi connectivity index (χ2n) is 6.33. The number of halogens is 1. The fourth-order valence-corrected chi connectivity index (χ4v) is 4.42. The summed E-state index contributed by atoms with van der Waals surface area (Å²) >= 11 is 2.64. The van der Waals surface area contributed by atoms with Gasteiger partial charge in [0.25, 0.3) is 0 Å². The van der Waals surface area contributed by atoms with Gasteiger partial charge in [0.15, 0.2) is 0 Å². The maximum absolute atomic E-state index is 2.64. The molecule has 0 N–H and O–H groups in total. The molecule has 16 heavy (non-hydrogen) atoms. The molecule has 0 nitrogen and oxygen atoms in total. The van der Waals surface area contributed by atoms with Crippen LogP contribution in [0.2, 0.25) is 0 Å². The fourth-order valence-electron chi connectivity index (χ4n) is 3.70. The van der Waals surface area contributed by atoms with Gasteiger partial charge in [-0.3, -0.25) is 0 Å². The first kappa shape index (κ1) is 13.2. The molecule has 2 atom stereocenters. The highest BCUT2D eigenvalue weighted by Crippen LogP contribution is 2.36. The van der Waals surface area contributed by atoms with Crippen molar-refractivity contribution in [1.29, 1.82) is 0 Å². The van der Waals surface area contributed by atoms with Crippen molar-refractivity contribution in [1.82, 2.24) is 0 Å². The second kappa shape index (κ2) is 6.61. The van der Waals surface area contributed by atoms with Gasteiger partial charge in [0.1, 0.15) is 0 Å². The first-order chi connectivity index (χ1) is 7.74. The smallest absolute Gasteiger partial charge is 0.0110 e. The van der Waals surface area contributed by atoms with Crippen molar-refractivity contribution in [2.75, 3.05) is 0 Å². The Bertz CT molecular complexity index is 194. The van der Waals surface area contributed by atoms with E-state index in [0.717, 1.165) is 21.7 Å². The van der Waals surface area contributed by atoms with E-state index in [1.54, 1.807) is 12.8 Å². The van der Waals surface area contributed by atoms with E-state index in [-0.39, 0.29) is 0 Å². The van der Waals surface area contributed by atoms with Crippen molar-refractivity contribution in [2.45, 2.75) is 75.1 Å². The topological polar surface area (TPSA) is 0 Å². The molecular weight excluding hydrogens is 307 g/mol. The normalized spacial score (nSPS) is 40.9. The van der Waals surface area contributed by atoms with Crippen LogP contribution < -0.4 is 0 Å². The third kappa shape index (κ3) is 4.19. The summed E-state index contributed by atoms with van der Waals surface area (Å²) in [6.45, 7) is 2.45. The van der Waals surface area contributed by atoms with Gasteiger partial charge in [0.05, 0.1) is 0 Å². The van der Waals surface area contributed by atoms with Crippen molar-refractivity contribution in [2.24, 2.45) is 17.8 Å². The van der Waals surface area contributed by atoms with Crippen molar-refractivity contribution in [3.63, 3.8) is 0 Å². The van der Waals surface area contributed by atoms with Gasteiger partial charge in [-0.05, 0) is 49.9 Å². The number of hydrogen-bond acceptors (Lipinski definition) is 0. The van der Waals surface area contributed by atoms with Crippen LogP contribution in [0, 0.1) is 17.8 Å². The first-order valence-electron chi connectivity index (χ1n) is 7.38. The summed E-state index contributed by atoms with van der Waals surface area (Å²) in [5.74, 6) is 3.19. The van der Waals surface area contributed by atoms with Gasteiger partial charge >= 0.3 is 0 Å². The van der Waals surface area contributed by atoms with Crippen LogP contribution in [0.25, 0.3) is 0 Å². The molecule has 0 aromatic rings. The van der Waals surface area contributed by atoms with Crippen molar-refractivity contribution in [3.05, 3.63) is 0 Å². The van der Waals surface area contributed by atoms with Gasteiger partial charge in [-0.25, -0.2) is 0 Å². The Hall–Kier alpha value is 0.730. The second-order valence-corrected chi connectivity index (χ2v) is 8.09. The van der Waals surface area contributed by atoms with Crippen molar-refractivity contribution >= 4 is 22.6 Å². The molecule has 2 aliphatic carbocycles. The van der Waals surface area contributed by atoms with Crippen LogP contribution in [-0.2, 0) is 0 Å². The summed E-state index contributed by atoms with van der Waals surface area (Å²) in [6, 6.07) is 0. The maximum atomic E-state index is 2.64. The van der Waals surface area contributed by atoms with Crippen molar-refractivity contribution in [3.8, 4) is 0 Å². The Kier molecular flexibility index (Phi) is 5.44. The highest BCUT2D eigenvalue weighted by molar-refractivity contribution is 14.1. The van der Waals surface area contributed by atoms with Crippen LogP contribution >= 0.6 is 22.6 Å². The van der Waals surface area contributed by atoms with E-state index in [1.165, 1.54) is 51.4 Å². The Morgan fingerprint density at radius 3 is 2.25 bits per heavy atom. The Morgan fingerprint density at radius 2 is 1.56 bits per heavy atom. The molecule has 0 spiro atoms. The molecule has 0 heterocycles. The molecule has 0 amide bonds. The molecule has 0 bridgehead atoms. The zero-order chi connectivity index (χ0) is 11.4. The van der Waals surface area contributed by atoms with Crippen LogP contribution in [0.5, 0.6) is 0 Å². The van der Waals surface area contributed by atoms with E-state index < -0.39 is 0 Å². The molecule has 2 saturated carbocycles. The Morgan fingerprint density at radius 1 is 0.875 bits per heavy atom. The van der Waals surface area contributed by atoms with Crippen LogP contribution in [0.4, 0.5) is 0 Å². The predicted molar refractivity (Wildman–Crippen MR) is 80.1 cm³/mol. The van der Waals surface area contributed by atoms with Crippen molar-refractivity contribution < 1.29 is 0 Å². The summed E-state index contributed by atoms with van der Waals surface area (Å²) in [4.78, 5) is 0. The Balaban J connectivity index is 1.63. The monoisotopic (exact) mass is 334 g/mol. The molecule has 2 aliphatic rings. The molecule has 94 valence electrons. The summed E-state index contributed by atoms with van der Waals surface area (Å²) in [5.41, 5.74) is 0. The number of alkyl halides is 1. The summed E-state index contributed by atoms with van der Waals surface area (Å²) in [6.07, 6.45) is 15.2. The summed E-state index contributed by atoms with van der Waals surface area (Å²) in [5, 5.41) is 0. The average molecular weight is 334 g/mol. The lowest BCUT2D eigenvalue weighted by Crippen LogP contribution is -2.17. The highest BCUT2D eigenvalue weighted by atomic mass is 127. The summed E-state index contributed by atoms with van der Waals surface area (Å²) < 4.78 is 0.989. The van der Waals surface area contributed by atoms with E-state index in [2.05, 4.69) is 29.5 Å². The molecular formula is C15H27I. The predicted octanol–water partition coefficient (Wildman–Crippen LogP) is 5.59. The molecule has 0 saturated heterocycles. The number of rotatable bonds is 3. The van der Waals surface area contributed by atoms with E-state index in [9.17, 15) is 0 Å².